The van der Waals surface area contributed by atoms with E-state index in [0.717, 1.165) is 51.4 Å². The fraction of sp³-hybridized carbons (Fsp3) is 0.900. The van der Waals surface area contributed by atoms with Crippen LogP contribution in [0, 0.1) is 0 Å². The third-order valence-corrected chi connectivity index (χ3v) is 13.8. The Hall–Kier alpha value is -1.66. The SMILES string of the molecule is CCCCC/C=C\C/C=C\CCCCCCCCCCCC(=O)OC(CCCCCCCCCCCCCC)CC(=O)NC(CO)C(O)CCCCCCCCCCCCCCCCCC. The van der Waals surface area contributed by atoms with Gasteiger partial charge in [0, 0.05) is 6.42 Å². The van der Waals surface area contributed by atoms with E-state index in [4.69, 9.17) is 4.74 Å². The minimum absolute atomic E-state index is 0.0822. The van der Waals surface area contributed by atoms with Crippen LogP contribution in [0.1, 0.15) is 323 Å². The minimum Gasteiger partial charge on any atom is -0.462 e. The van der Waals surface area contributed by atoms with Gasteiger partial charge in [0.1, 0.15) is 6.10 Å². The third-order valence-electron chi connectivity index (χ3n) is 13.8. The lowest BCUT2D eigenvalue weighted by molar-refractivity contribution is -0.151. The average Bonchev–Trinajstić information content (AvgIpc) is 3.31. The van der Waals surface area contributed by atoms with Crippen LogP contribution in [0.15, 0.2) is 24.3 Å². The van der Waals surface area contributed by atoms with Crippen molar-refractivity contribution in [3.05, 3.63) is 24.3 Å². The summed E-state index contributed by atoms with van der Waals surface area (Å²) >= 11 is 0. The number of aliphatic hydroxyl groups is 2. The predicted molar refractivity (Wildman–Crippen MR) is 287 cm³/mol. The fourth-order valence-electron chi connectivity index (χ4n) is 9.29. The molecule has 0 aromatic carbocycles. The number of amides is 1. The van der Waals surface area contributed by atoms with E-state index in [9.17, 15) is 19.8 Å². The van der Waals surface area contributed by atoms with Crippen molar-refractivity contribution in [2.75, 3.05) is 6.61 Å². The van der Waals surface area contributed by atoms with Crippen LogP contribution in [0.5, 0.6) is 0 Å². The number of hydrogen-bond donors (Lipinski definition) is 3. The van der Waals surface area contributed by atoms with Crippen molar-refractivity contribution in [1.29, 1.82) is 0 Å². The Morgan fingerprint density at radius 2 is 0.773 bits per heavy atom. The van der Waals surface area contributed by atoms with Gasteiger partial charge in [-0.05, 0) is 57.8 Å². The monoisotopic (exact) mass is 930 g/mol. The Kier molecular flexibility index (Phi) is 52.9. The highest BCUT2D eigenvalue weighted by Crippen LogP contribution is 2.19. The van der Waals surface area contributed by atoms with Crippen LogP contribution in [0.3, 0.4) is 0 Å². The number of allylic oxidation sites excluding steroid dienone is 4. The lowest BCUT2D eigenvalue weighted by atomic mass is 10.0. The van der Waals surface area contributed by atoms with Gasteiger partial charge in [-0.25, -0.2) is 0 Å². The molecule has 0 bridgehead atoms. The molecule has 0 heterocycles. The number of carbonyl (C=O) groups excluding carboxylic acids is 2. The van der Waals surface area contributed by atoms with Gasteiger partial charge in [0.25, 0.3) is 0 Å². The van der Waals surface area contributed by atoms with Gasteiger partial charge in [-0.2, -0.15) is 0 Å². The van der Waals surface area contributed by atoms with Crippen LogP contribution in [-0.2, 0) is 14.3 Å². The molecule has 3 atom stereocenters. The van der Waals surface area contributed by atoms with Crippen molar-refractivity contribution < 1.29 is 24.5 Å². The second-order valence-corrected chi connectivity index (χ2v) is 20.4. The summed E-state index contributed by atoms with van der Waals surface area (Å²) in [6.45, 7) is 6.50. The topological polar surface area (TPSA) is 95.9 Å². The van der Waals surface area contributed by atoms with Gasteiger partial charge in [0.15, 0.2) is 0 Å². The highest BCUT2D eigenvalue weighted by atomic mass is 16.5. The molecule has 0 aliphatic carbocycles. The zero-order valence-corrected chi connectivity index (χ0v) is 44.6. The van der Waals surface area contributed by atoms with E-state index in [1.54, 1.807) is 0 Å². The second-order valence-electron chi connectivity index (χ2n) is 20.4. The number of esters is 1. The molecule has 0 fully saturated rings. The van der Waals surface area contributed by atoms with Crippen molar-refractivity contribution in [3.63, 3.8) is 0 Å². The van der Waals surface area contributed by atoms with Gasteiger partial charge in [-0.3, -0.25) is 9.59 Å². The van der Waals surface area contributed by atoms with Crippen molar-refractivity contribution >= 4 is 11.9 Å². The van der Waals surface area contributed by atoms with E-state index in [-0.39, 0.29) is 24.9 Å². The first-order valence-corrected chi connectivity index (χ1v) is 29.6. The quantitative estimate of drug-likeness (QED) is 0.0321. The Bertz CT molecular complexity index is 1040. The Morgan fingerprint density at radius 3 is 1.18 bits per heavy atom. The zero-order valence-electron chi connectivity index (χ0n) is 44.6. The van der Waals surface area contributed by atoms with Gasteiger partial charge < -0.3 is 20.3 Å². The first-order chi connectivity index (χ1) is 32.5. The average molecular weight is 931 g/mol. The maximum absolute atomic E-state index is 13.3. The fourth-order valence-corrected chi connectivity index (χ4v) is 9.29. The van der Waals surface area contributed by atoms with Gasteiger partial charge in [-0.15, -0.1) is 0 Å². The standard InChI is InChI=1S/C60H115NO5/c1-4-7-10-13-16-19-22-25-27-29-30-31-33-35-38-41-44-47-50-53-60(65)66-56(51-48-45-42-39-36-24-21-18-15-12-9-6-3)54-59(64)61-57(55-62)58(63)52-49-46-43-40-37-34-32-28-26-23-20-17-14-11-8-5-2/h16,19,25,27,56-58,62-63H,4-15,17-18,20-24,26,28-55H2,1-3H3,(H,61,64)/b19-16-,27-25-. The number of rotatable bonds is 54. The summed E-state index contributed by atoms with van der Waals surface area (Å²) in [4.78, 5) is 26.3. The highest BCUT2D eigenvalue weighted by molar-refractivity contribution is 5.77. The zero-order chi connectivity index (χ0) is 48.1. The van der Waals surface area contributed by atoms with Crippen LogP contribution in [0.4, 0.5) is 0 Å². The van der Waals surface area contributed by atoms with Crippen molar-refractivity contribution in [1.82, 2.24) is 5.32 Å². The number of hydrogen-bond acceptors (Lipinski definition) is 5. The summed E-state index contributed by atoms with van der Waals surface area (Å²) in [5.74, 6) is -0.458. The molecule has 66 heavy (non-hydrogen) atoms. The molecule has 0 radical (unpaired) electrons. The van der Waals surface area contributed by atoms with Crippen LogP contribution in [-0.4, -0.2) is 46.9 Å². The summed E-state index contributed by atoms with van der Waals surface area (Å²) in [7, 11) is 0. The van der Waals surface area contributed by atoms with Crippen molar-refractivity contribution in [2.24, 2.45) is 0 Å². The largest absolute Gasteiger partial charge is 0.462 e. The number of ether oxygens (including phenoxy) is 1. The van der Waals surface area contributed by atoms with E-state index in [2.05, 4.69) is 50.4 Å². The van der Waals surface area contributed by atoms with Crippen LogP contribution in [0.2, 0.25) is 0 Å². The molecule has 3 N–H and O–H groups in total. The van der Waals surface area contributed by atoms with Crippen molar-refractivity contribution in [2.45, 2.75) is 341 Å². The molecule has 0 saturated carbocycles. The van der Waals surface area contributed by atoms with Crippen LogP contribution < -0.4 is 5.32 Å². The summed E-state index contributed by atoms with van der Waals surface area (Å²) in [6, 6.07) is -0.698. The number of carbonyl (C=O) groups is 2. The van der Waals surface area contributed by atoms with E-state index in [1.165, 1.54) is 225 Å². The molecule has 0 spiro atoms. The summed E-state index contributed by atoms with van der Waals surface area (Å²) in [5.41, 5.74) is 0. The molecular weight excluding hydrogens is 815 g/mol. The molecule has 390 valence electrons. The number of nitrogens with one attached hydrogen (secondary N) is 1. The highest BCUT2D eigenvalue weighted by Gasteiger charge is 2.24. The van der Waals surface area contributed by atoms with Crippen LogP contribution in [0.25, 0.3) is 0 Å². The number of unbranched alkanes of at least 4 members (excludes halogenated alkanes) is 38. The molecule has 0 aliphatic rings. The van der Waals surface area contributed by atoms with Gasteiger partial charge in [-0.1, -0.05) is 276 Å². The molecule has 0 saturated heterocycles. The van der Waals surface area contributed by atoms with Gasteiger partial charge in [0.2, 0.25) is 5.91 Å². The minimum atomic E-state index is -0.784. The molecule has 6 heteroatoms. The van der Waals surface area contributed by atoms with E-state index in [0.29, 0.717) is 19.3 Å². The number of aliphatic hydroxyl groups excluding tert-OH is 2. The summed E-state index contributed by atoms with van der Waals surface area (Å²) in [5, 5.41) is 23.9. The predicted octanol–water partition coefficient (Wildman–Crippen LogP) is 18.2. The molecule has 0 aromatic rings. The lowest BCUT2D eigenvalue weighted by Crippen LogP contribution is -2.46. The van der Waals surface area contributed by atoms with Gasteiger partial charge >= 0.3 is 5.97 Å². The molecule has 0 aliphatic heterocycles. The lowest BCUT2D eigenvalue weighted by Gasteiger charge is -2.24. The summed E-state index contributed by atoms with van der Waals surface area (Å²) < 4.78 is 5.96. The second kappa shape index (κ2) is 54.3. The first kappa shape index (κ1) is 64.3. The van der Waals surface area contributed by atoms with E-state index >= 15 is 0 Å². The Balaban J connectivity index is 4.44. The van der Waals surface area contributed by atoms with Gasteiger partial charge in [0.05, 0.1) is 25.2 Å². The molecule has 0 aromatic heterocycles. The maximum atomic E-state index is 13.3. The Morgan fingerprint density at radius 1 is 0.439 bits per heavy atom. The normalized spacial score (nSPS) is 13.2. The summed E-state index contributed by atoms with van der Waals surface area (Å²) in [6.07, 6.45) is 63.9. The third kappa shape index (κ3) is 48.8. The van der Waals surface area contributed by atoms with Crippen LogP contribution >= 0.6 is 0 Å². The molecule has 0 rings (SSSR count). The molecular formula is C60H115NO5. The van der Waals surface area contributed by atoms with Crippen molar-refractivity contribution in [3.8, 4) is 0 Å². The molecule has 6 nitrogen and oxygen atoms in total. The smallest absolute Gasteiger partial charge is 0.306 e. The molecule has 3 unspecified atom stereocenters. The maximum Gasteiger partial charge on any atom is 0.306 e. The first-order valence-electron chi connectivity index (χ1n) is 29.6. The van der Waals surface area contributed by atoms with E-state index < -0.39 is 18.2 Å². The van der Waals surface area contributed by atoms with E-state index in [1.807, 2.05) is 0 Å². The Labute approximate surface area is 411 Å². The molecule has 1 amide bonds.